The van der Waals surface area contributed by atoms with Crippen LogP contribution in [-0.4, -0.2) is 43.3 Å². The highest BCUT2D eigenvalue weighted by Crippen LogP contribution is 2.42. The van der Waals surface area contributed by atoms with Gasteiger partial charge >= 0.3 is 0 Å². The molecule has 0 unspecified atom stereocenters. The fourth-order valence-corrected chi connectivity index (χ4v) is 3.71. The van der Waals surface area contributed by atoms with E-state index in [-0.39, 0.29) is 0 Å². The van der Waals surface area contributed by atoms with E-state index in [0.29, 0.717) is 0 Å². The van der Waals surface area contributed by atoms with Crippen LogP contribution in [0.5, 0.6) is 0 Å². The molecule has 4 rings (SSSR count). The molecule has 2 aromatic rings. The minimum Gasteiger partial charge on any atom is -0.377 e. The Morgan fingerprint density at radius 1 is 0.962 bits per heavy atom. The fourth-order valence-electron chi connectivity index (χ4n) is 3.71. The maximum atomic E-state index is 11.6. The predicted molar refractivity (Wildman–Crippen MR) is 104 cm³/mol. The molecule has 1 fully saturated rings. The van der Waals surface area contributed by atoms with Crippen LogP contribution in [0.1, 0.15) is 11.1 Å². The van der Waals surface area contributed by atoms with E-state index in [2.05, 4.69) is 35.7 Å². The second-order valence-electron chi connectivity index (χ2n) is 7.21. The molecule has 0 bridgehead atoms. The smallest absolute Gasteiger partial charge is 0.136 e. The van der Waals surface area contributed by atoms with E-state index < -0.39 is 5.60 Å². The van der Waals surface area contributed by atoms with E-state index in [1.807, 2.05) is 54.6 Å². The van der Waals surface area contributed by atoms with Crippen molar-refractivity contribution in [3.63, 3.8) is 0 Å². The standard InChI is InChI=1S/C22H25N3O/c1-24-12-14-25(15-13-24)23-20-16-21(18-8-4-2-5-9-18)22(26,17-20)19-10-6-3-7-11-19/h2-11,16-17,23,26H,12-15H2,1H3/p+1/t22-/m1/s1. The Morgan fingerprint density at radius 2 is 1.58 bits per heavy atom. The van der Waals surface area contributed by atoms with Crippen LogP contribution in [0.4, 0.5) is 0 Å². The zero-order valence-electron chi connectivity index (χ0n) is 15.2. The van der Waals surface area contributed by atoms with Gasteiger partial charge in [-0.1, -0.05) is 60.7 Å². The fraction of sp³-hybridized carbons (Fsp3) is 0.273. The van der Waals surface area contributed by atoms with Crippen molar-refractivity contribution in [1.82, 2.24) is 10.4 Å². The normalized spacial score (nSPS) is 24.2. The lowest BCUT2D eigenvalue weighted by atomic mass is 9.85. The van der Waals surface area contributed by atoms with Crippen LogP contribution < -0.4 is 10.3 Å². The van der Waals surface area contributed by atoms with Crippen LogP contribution >= 0.6 is 0 Å². The van der Waals surface area contributed by atoms with Gasteiger partial charge in [0.05, 0.1) is 33.2 Å². The summed E-state index contributed by atoms with van der Waals surface area (Å²) in [5, 5.41) is 13.9. The molecule has 4 heteroatoms. The quantitative estimate of drug-likeness (QED) is 0.777. The Kier molecular flexibility index (Phi) is 4.64. The first-order chi connectivity index (χ1) is 12.6. The molecule has 0 aromatic heterocycles. The summed E-state index contributed by atoms with van der Waals surface area (Å²) in [5.41, 5.74) is 6.17. The van der Waals surface area contributed by atoms with E-state index in [1.54, 1.807) is 4.90 Å². The molecule has 0 saturated carbocycles. The van der Waals surface area contributed by atoms with Crippen LogP contribution in [0, 0.1) is 0 Å². The molecule has 26 heavy (non-hydrogen) atoms. The first-order valence-electron chi connectivity index (χ1n) is 9.26. The molecule has 4 nitrogen and oxygen atoms in total. The van der Waals surface area contributed by atoms with Crippen molar-refractivity contribution in [2.45, 2.75) is 5.60 Å². The number of nitrogens with one attached hydrogen (secondary N) is 2. The number of allylic oxidation sites excluding steroid dienone is 1. The molecule has 1 aliphatic heterocycles. The van der Waals surface area contributed by atoms with Crippen LogP contribution in [0.3, 0.4) is 0 Å². The zero-order chi connectivity index (χ0) is 18.0. The number of nitrogens with zero attached hydrogens (tertiary/aromatic N) is 1. The minimum atomic E-state index is -1.12. The van der Waals surface area contributed by atoms with E-state index in [4.69, 9.17) is 0 Å². The van der Waals surface area contributed by atoms with Gasteiger partial charge in [-0.2, -0.15) is 0 Å². The van der Waals surface area contributed by atoms with E-state index in [0.717, 1.165) is 48.6 Å². The third kappa shape index (κ3) is 3.31. The van der Waals surface area contributed by atoms with Gasteiger partial charge in [0, 0.05) is 11.3 Å². The minimum absolute atomic E-state index is 0.884. The van der Waals surface area contributed by atoms with Gasteiger partial charge in [-0.3, -0.25) is 0 Å². The highest BCUT2D eigenvalue weighted by Gasteiger charge is 2.37. The van der Waals surface area contributed by atoms with Gasteiger partial charge in [0.2, 0.25) is 0 Å². The van der Waals surface area contributed by atoms with Gasteiger partial charge in [0.1, 0.15) is 5.60 Å². The molecule has 2 aliphatic rings. The van der Waals surface area contributed by atoms with E-state index >= 15 is 0 Å². The lowest BCUT2D eigenvalue weighted by Crippen LogP contribution is -3.12. The van der Waals surface area contributed by atoms with Crippen LogP contribution in [0.15, 0.2) is 78.5 Å². The topological polar surface area (TPSA) is 39.9 Å². The number of piperazine rings is 1. The summed E-state index contributed by atoms with van der Waals surface area (Å²) in [5.74, 6) is 0. The van der Waals surface area contributed by atoms with E-state index in [1.165, 1.54) is 0 Å². The Labute approximate surface area is 155 Å². The van der Waals surface area contributed by atoms with Gasteiger partial charge in [0.25, 0.3) is 0 Å². The van der Waals surface area contributed by atoms with Crippen molar-refractivity contribution in [2.75, 3.05) is 33.2 Å². The largest absolute Gasteiger partial charge is 0.377 e. The second-order valence-corrected chi connectivity index (χ2v) is 7.21. The molecule has 1 aliphatic carbocycles. The van der Waals surface area contributed by atoms with Gasteiger partial charge in [-0.15, -0.1) is 0 Å². The Bertz CT molecular complexity index is 808. The van der Waals surface area contributed by atoms with Gasteiger partial charge in [0.15, 0.2) is 0 Å². The van der Waals surface area contributed by atoms with Crippen molar-refractivity contribution in [3.05, 3.63) is 89.6 Å². The third-order valence-corrected chi connectivity index (χ3v) is 5.28. The molecular weight excluding hydrogens is 322 g/mol. The first-order valence-corrected chi connectivity index (χ1v) is 9.26. The average molecular weight is 348 g/mol. The number of hydrazine groups is 1. The summed E-state index contributed by atoms with van der Waals surface area (Å²) in [6, 6.07) is 20.0. The molecule has 134 valence electrons. The van der Waals surface area contributed by atoms with Crippen LogP contribution in [0.2, 0.25) is 0 Å². The first kappa shape index (κ1) is 17.0. The maximum Gasteiger partial charge on any atom is 0.136 e. The lowest BCUT2D eigenvalue weighted by molar-refractivity contribution is -0.884. The van der Waals surface area contributed by atoms with Gasteiger partial charge < -0.3 is 15.4 Å². The average Bonchev–Trinajstić information content (AvgIpc) is 3.02. The Balaban J connectivity index is 1.66. The molecule has 0 spiro atoms. The summed E-state index contributed by atoms with van der Waals surface area (Å²) < 4.78 is 0. The van der Waals surface area contributed by atoms with Crippen molar-refractivity contribution >= 4 is 5.57 Å². The number of quaternary nitrogens is 1. The molecule has 0 amide bonds. The van der Waals surface area contributed by atoms with Crippen molar-refractivity contribution < 1.29 is 10.0 Å². The summed E-state index contributed by atoms with van der Waals surface area (Å²) in [4.78, 5) is 1.56. The Morgan fingerprint density at radius 3 is 2.23 bits per heavy atom. The van der Waals surface area contributed by atoms with E-state index in [9.17, 15) is 5.11 Å². The van der Waals surface area contributed by atoms with Gasteiger partial charge in [-0.05, 0) is 23.3 Å². The maximum absolute atomic E-state index is 11.6. The van der Waals surface area contributed by atoms with Crippen molar-refractivity contribution in [2.24, 2.45) is 0 Å². The Hall–Kier alpha value is -2.40. The van der Waals surface area contributed by atoms with Crippen LogP contribution in [0.25, 0.3) is 5.57 Å². The number of hydrogen-bond acceptors (Lipinski definition) is 3. The summed E-state index contributed by atoms with van der Waals surface area (Å²) in [6.07, 6.45) is 4.02. The van der Waals surface area contributed by atoms with Crippen molar-refractivity contribution in [1.29, 1.82) is 0 Å². The number of benzene rings is 2. The molecule has 0 radical (unpaired) electrons. The summed E-state index contributed by atoms with van der Waals surface area (Å²) in [6.45, 7) is 4.25. The monoisotopic (exact) mass is 348 g/mol. The third-order valence-electron chi connectivity index (χ3n) is 5.28. The molecule has 1 atom stereocenters. The van der Waals surface area contributed by atoms with Crippen LogP contribution in [-0.2, 0) is 5.60 Å². The molecular formula is C22H26N3O+. The highest BCUT2D eigenvalue weighted by molar-refractivity contribution is 5.81. The molecule has 1 heterocycles. The molecule has 3 N–H and O–H groups in total. The summed E-state index contributed by atoms with van der Waals surface area (Å²) >= 11 is 0. The number of rotatable bonds is 4. The summed E-state index contributed by atoms with van der Waals surface area (Å²) in [7, 11) is 2.23. The SMILES string of the molecule is C[NH+]1CCN(NC2=C[C@@](O)(c3ccccc3)C(c3ccccc3)=C2)CC1. The molecule has 2 aromatic carbocycles. The number of likely N-dealkylation sites (N-methyl/N-ethyl adjacent to an activating group) is 1. The number of hydrogen-bond donors (Lipinski definition) is 3. The lowest BCUT2D eigenvalue weighted by Gasteiger charge is -2.31. The van der Waals surface area contributed by atoms with Crippen molar-refractivity contribution in [3.8, 4) is 0 Å². The molecule has 1 saturated heterocycles. The number of aliphatic hydroxyl groups is 1. The highest BCUT2D eigenvalue weighted by atomic mass is 16.3. The zero-order valence-corrected chi connectivity index (χ0v) is 15.2. The second kappa shape index (κ2) is 7.08. The predicted octanol–water partition coefficient (Wildman–Crippen LogP) is 1.19. The van der Waals surface area contributed by atoms with Gasteiger partial charge in [-0.25, -0.2) is 5.01 Å².